The molecule has 3 N–H and O–H groups in total. The van der Waals surface area contributed by atoms with Crippen LogP contribution in [0.4, 0.5) is 0 Å². The summed E-state index contributed by atoms with van der Waals surface area (Å²) in [6.07, 6.45) is 6.07. The molecule has 138 valence electrons. The van der Waals surface area contributed by atoms with Gasteiger partial charge in [0.25, 0.3) is 0 Å². The largest absolute Gasteiger partial charge is 0.493 e. The standard InChI is InChI=1S/C18H31NO5/c1-18(2,3)8-10-23-17(21)19-9-11-22-14-6-4-13(5-7-14)16(20)15-12-24-15/h4,6-7,13,15-17,19-21H,5,8-12H2,1-3H3. The first-order chi connectivity index (χ1) is 11.3. The van der Waals surface area contributed by atoms with Gasteiger partial charge in [-0.2, -0.15) is 0 Å². The fourth-order valence-electron chi connectivity index (χ4n) is 2.39. The average molecular weight is 341 g/mol. The van der Waals surface area contributed by atoms with E-state index in [1.165, 1.54) is 0 Å². The number of aliphatic hydroxyl groups is 2. The third kappa shape index (κ3) is 7.32. The van der Waals surface area contributed by atoms with Crippen LogP contribution in [0.5, 0.6) is 0 Å². The van der Waals surface area contributed by atoms with Gasteiger partial charge in [0.2, 0.25) is 6.41 Å². The molecule has 24 heavy (non-hydrogen) atoms. The molecule has 0 aromatic heterocycles. The van der Waals surface area contributed by atoms with Crippen molar-refractivity contribution in [1.82, 2.24) is 5.32 Å². The van der Waals surface area contributed by atoms with Crippen LogP contribution in [0.1, 0.15) is 33.6 Å². The molecule has 2 aliphatic rings. The first-order valence-corrected chi connectivity index (χ1v) is 8.69. The quantitative estimate of drug-likeness (QED) is 0.318. The molecule has 0 aromatic carbocycles. The Labute approximate surface area is 144 Å². The maximum absolute atomic E-state index is 10.00. The second kappa shape index (κ2) is 8.97. The minimum absolute atomic E-state index is 0.000473. The molecule has 0 amide bonds. The van der Waals surface area contributed by atoms with E-state index in [9.17, 15) is 10.2 Å². The van der Waals surface area contributed by atoms with E-state index in [4.69, 9.17) is 14.2 Å². The molecular weight excluding hydrogens is 310 g/mol. The smallest absolute Gasteiger partial charge is 0.213 e. The Morgan fingerprint density at radius 2 is 2.08 bits per heavy atom. The second-order valence-electron chi connectivity index (χ2n) is 7.56. The summed E-state index contributed by atoms with van der Waals surface area (Å²) in [5.74, 6) is 0.890. The van der Waals surface area contributed by atoms with Crippen LogP contribution in [0, 0.1) is 11.3 Å². The molecule has 1 fully saturated rings. The molecule has 6 heteroatoms. The van der Waals surface area contributed by atoms with Gasteiger partial charge in [-0.15, -0.1) is 0 Å². The lowest BCUT2D eigenvalue weighted by molar-refractivity contribution is -0.125. The van der Waals surface area contributed by atoms with Crippen LogP contribution in [-0.4, -0.2) is 55.2 Å². The van der Waals surface area contributed by atoms with Crippen LogP contribution >= 0.6 is 0 Å². The summed E-state index contributed by atoms with van der Waals surface area (Å²) in [5, 5.41) is 22.5. The van der Waals surface area contributed by atoms with Crippen molar-refractivity contribution in [2.45, 2.75) is 52.2 Å². The topological polar surface area (TPSA) is 83.5 Å². The predicted octanol–water partition coefficient (Wildman–Crippen LogP) is 1.54. The summed E-state index contributed by atoms with van der Waals surface area (Å²) >= 11 is 0. The summed E-state index contributed by atoms with van der Waals surface area (Å²) < 4.78 is 16.0. The lowest BCUT2D eigenvalue weighted by Gasteiger charge is -2.21. The Kier molecular flexibility index (Phi) is 7.25. The number of rotatable bonds is 10. The highest BCUT2D eigenvalue weighted by Gasteiger charge is 2.35. The lowest BCUT2D eigenvalue weighted by atomic mass is 9.92. The molecule has 4 atom stereocenters. The highest BCUT2D eigenvalue weighted by Crippen LogP contribution is 2.27. The number of aliphatic hydroxyl groups excluding tert-OH is 2. The maximum atomic E-state index is 10.00. The first kappa shape index (κ1) is 19.4. The number of allylic oxidation sites excluding steroid dienone is 2. The van der Waals surface area contributed by atoms with E-state index in [2.05, 4.69) is 26.1 Å². The van der Waals surface area contributed by atoms with Crippen LogP contribution in [0.2, 0.25) is 0 Å². The Balaban J connectivity index is 1.52. The van der Waals surface area contributed by atoms with E-state index in [1.54, 1.807) is 0 Å². The fourth-order valence-corrected chi connectivity index (χ4v) is 2.39. The molecule has 2 rings (SSSR count). The van der Waals surface area contributed by atoms with Gasteiger partial charge in [0, 0.05) is 12.5 Å². The summed E-state index contributed by atoms with van der Waals surface area (Å²) in [4.78, 5) is 0. The van der Waals surface area contributed by atoms with Gasteiger partial charge in [0.1, 0.15) is 18.5 Å². The minimum Gasteiger partial charge on any atom is -0.493 e. The van der Waals surface area contributed by atoms with Gasteiger partial charge in [-0.05, 0) is 30.4 Å². The van der Waals surface area contributed by atoms with Crippen LogP contribution in [0.3, 0.4) is 0 Å². The molecule has 0 spiro atoms. The number of nitrogens with one attached hydrogen (secondary N) is 1. The molecule has 1 heterocycles. The number of epoxide rings is 1. The van der Waals surface area contributed by atoms with Crippen LogP contribution < -0.4 is 5.32 Å². The molecule has 0 saturated carbocycles. The van der Waals surface area contributed by atoms with Crippen molar-refractivity contribution < 1.29 is 24.4 Å². The normalized spacial score (nSPS) is 26.0. The van der Waals surface area contributed by atoms with Crippen molar-refractivity contribution in [3.8, 4) is 0 Å². The first-order valence-electron chi connectivity index (χ1n) is 8.69. The summed E-state index contributed by atoms with van der Waals surface area (Å²) in [7, 11) is 0. The van der Waals surface area contributed by atoms with Gasteiger partial charge in [0.05, 0.1) is 19.3 Å². The third-order valence-corrected chi connectivity index (χ3v) is 4.10. The molecule has 1 saturated heterocycles. The van der Waals surface area contributed by atoms with Gasteiger partial charge in [-0.25, -0.2) is 0 Å². The van der Waals surface area contributed by atoms with Crippen molar-refractivity contribution >= 4 is 0 Å². The van der Waals surface area contributed by atoms with Crippen LogP contribution in [0.15, 0.2) is 24.0 Å². The molecule has 0 aromatic rings. The maximum Gasteiger partial charge on any atom is 0.213 e. The number of hydrogen-bond acceptors (Lipinski definition) is 6. The Morgan fingerprint density at radius 3 is 2.67 bits per heavy atom. The molecule has 1 aliphatic heterocycles. The Bertz CT molecular complexity index is 439. The second-order valence-corrected chi connectivity index (χ2v) is 7.56. The highest BCUT2D eigenvalue weighted by atomic mass is 16.6. The SMILES string of the molecule is CC(C)(C)CCOC(O)NCCOC1=CCC(C(O)C2CO2)C=C1. The summed E-state index contributed by atoms with van der Waals surface area (Å²) in [6, 6.07) is 0. The van der Waals surface area contributed by atoms with E-state index >= 15 is 0 Å². The van der Waals surface area contributed by atoms with Crippen molar-refractivity contribution in [2.75, 3.05) is 26.4 Å². The van der Waals surface area contributed by atoms with Gasteiger partial charge < -0.3 is 24.4 Å². The van der Waals surface area contributed by atoms with Gasteiger partial charge in [-0.1, -0.05) is 26.8 Å². The fraction of sp³-hybridized carbons (Fsp3) is 0.778. The van der Waals surface area contributed by atoms with Crippen LogP contribution in [0.25, 0.3) is 0 Å². The molecule has 6 nitrogen and oxygen atoms in total. The average Bonchev–Trinajstić information content (AvgIpc) is 3.35. The summed E-state index contributed by atoms with van der Waals surface area (Å²) in [5.41, 5.74) is 0.194. The highest BCUT2D eigenvalue weighted by molar-refractivity contribution is 5.19. The van der Waals surface area contributed by atoms with E-state index in [-0.39, 0.29) is 17.4 Å². The van der Waals surface area contributed by atoms with Crippen LogP contribution in [-0.2, 0) is 14.2 Å². The van der Waals surface area contributed by atoms with E-state index in [0.717, 1.165) is 18.6 Å². The molecule has 1 aliphatic carbocycles. The predicted molar refractivity (Wildman–Crippen MR) is 91.1 cm³/mol. The van der Waals surface area contributed by atoms with E-state index in [0.29, 0.717) is 26.4 Å². The zero-order chi connectivity index (χ0) is 17.6. The molecular formula is C18H31NO5. The molecule has 0 bridgehead atoms. The monoisotopic (exact) mass is 341 g/mol. The van der Waals surface area contributed by atoms with Crippen molar-refractivity contribution in [3.63, 3.8) is 0 Å². The van der Waals surface area contributed by atoms with Gasteiger partial charge in [0.15, 0.2) is 0 Å². The number of ether oxygens (including phenoxy) is 3. The van der Waals surface area contributed by atoms with Crippen molar-refractivity contribution in [2.24, 2.45) is 11.3 Å². The molecule has 0 radical (unpaired) electrons. The minimum atomic E-state index is -0.968. The zero-order valence-corrected chi connectivity index (χ0v) is 14.9. The Morgan fingerprint density at radius 1 is 1.33 bits per heavy atom. The third-order valence-electron chi connectivity index (χ3n) is 4.10. The van der Waals surface area contributed by atoms with Crippen molar-refractivity contribution in [3.05, 3.63) is 24.0 Å². The Hall–Kier alpha value is -0.920. The van der Waals surface area contributed by atoms with Gasteiger partial charge >= 0.3 is 0 Å². The van der Waals surface area contributed by atoms with E-state index in [1.807, 2.05) is 18.2 Å². The van der Waals surface area contributed by atoms with E-state index < -0.39 is 12.5 Å². The van der Waals surface area contributed by atoms with Gasteiger partial charge in [-0.3, -0.25) is 5.32 Å². The molecule has 4 unspecified atom stereocenters. The summed E-state index contributed by atoms with van der Waals surface area (Å²) in [6.45, 7) is 8.51. The van der Waals surface area contributed by atoms with Crippen molar-refractivity contribution in [1.29, 1.82) is 0 Å². The lowest BCUT2D eigenvalue weighted by Crippen LogP contribution is -2.34. The number of hydrogen-bond donors (Lipinski definition) is 3. The zero-order valence-electron chi connectivity index (χ0n) is 14.9.